The first-order valence-electron chi connectivity index (χ1n) is 5.75. The SMILES string of the molecule is Cc1nn(C)c(C=CNc2ccccc2)c1[N+](=O)[O-]. The number of nitro groups is 1. The molecule has 0 bridgehead atoms. The molecule has 1 N–H and O–H groups in total. The van der Waals surface area contributed by atoms with E-state index in [0.717, 1.165) is 5.69 Å². The first-order valence-corrected chi connectivity index (χ1v) is 5.75. The Morgan fingerprint density at radius 1 is 1.37 bits per heavy atom. The van der Waals surface area contributed by atoms with Gasteiger partial charge in [-0.3, -0.25) is 14.8 Å². The first-order chi connectivity index (χ1) is 9.09. The third-order valence-electron chi connectivity index (χ3n) is 2.68. The van der Waals surface area contributed by atoms with E-state index in [1.165, 1.54) is 4.68 Å². The van der Waals surface area contributed by atoms with Crippen LogP contribution in [-0.4, -0.2) is 14.7 Å². The fraction of sp³-hybridized carbons (Fsp3) is 0.154. The Kier molecular flexibility index (Phi) is 3.61. The normalized spacial score (nSPS) is 10.8. The molecule has 0 saturated heterocycles. The molecule has 0 aliphatic heterocycles. The maximum atomic E-state index is 11.0. The Balaban J connectivity index is 2.22. The van der Waals surface area contributed by atoms with Crippen LogP contribution in [0.15, 0.2) is 36.5 Å². The van der Waals surface area contributed by atoms with E-state index in [2.05, 4.69) is 10.4 Å². The Labute approximate surface area is 110 Å². The lowest BCUT2D eigenvalue weighted by atomic mass is 10.3. The molecule has 6 nitrogen and oxygen atoms in total. The van der Waals surface area contributed by atoms with Gasteiger partial charge >= 0.3 is 5.69 Å². The third kappa shape index (κ3) is 2.79. The number of hydrogen-bond donors (Lipinski definition) is 1. The summed E-state index contributed by atoms with van der Waals surface area (Å²) in [6.45, 7) is 1.63. The van der Waals surface area contributed by atoms with E-state index in [1.807, 2.05) is 30.3 Å². The Hall–Kier alpha value is -2.63. The zero-order valence-corrected chi connectivity index (χ0v) is 10.7. The van der Waals surface area contributed by atoms with Gasteiger partial charge in [-0.25, -0.2) is 0 Å². The first kappa shape index (κ1) is 12.8. The predicted molar refractivity (Wildman–Crippen MR) is 73.7 cm³/mol. The van der Waals surface area contributed by atoms with Crippen molar-refractivity contribution >= 4 is 17.5 Å². The topological polar surface area (TPSA) is 73.0 Å². The van der Waals surface area contributed by atoms with Crippen LogP contribution in [0.1, 0.15) is 11.4 Å². The molecular weight excluding hydrogens is 244 g/mol. The van der Waals surface area contributed by atoms with Crippen LogP contribution in [-0.2, 0) is 7.05 Å². The lowest BCUT2D eigenvalue weighted by Gasteiger charge is -1.99. The fourth-order valence-electron chi connectivity index (χ4n) is 1.83. The summed E-state index contributed by atoms with van der Waals surface area (Å²) in [4.78, 5) is 10.6. The summed E-state index contributed by atoms with van der Waals surface area (Å²) in [6.07, 6.45) is 3.31. The van der Waals surface area contributed by atoms with Gasteiger partial charge in [0.1, 0.15) is 11.4 Å². The second kappa shape index (κ2) is 5.34. The van der Waals surface area contributed by atoms with E-state index < -0.39 is 4.92 Å². The Bertz CT molecular complexity index is 617. The number of aryl methyl sites for hydroxylation is 2. The number of hydrogen-bond acceptors (Lipinski definition) is 4. The van der Waals surface area contributed by atoms with Crippen molar-refractivity contribution in [2.24, 2.45) is 7.05 Å². The fourth-order valence-corrected chi connectivity index (χ4v) is 1.83. The highest BCUT2D eigenvalue weighted by Crippen LogP contribution is 2.23. The van der Waals surface area contributed by atoms with Gasteiger partial charge in [0.15, 0.2) is 0 Å². The number of nitrogens with zero attached hydrogens (tertiary/aromatic N) is 3. The molecule has 1 aromatic heterocycles. The van der Waals surface area contributed by atoms with Crippen molar-refractivity contribution < 1.29 is 4.92 Å². The minimum absolute atomic E-state index is 0.0358. The van der Waals surface area contributed by atoms with E-state index in [9.17, 15) is 10.1 Å². The zero-order chi connectivity index (χ0) is 13.8. The van der Waals surface area contributed by atoms with Crippen molar-refractivity contribution in [1.82, 2.24) is 9.78 Å². The van der Waals surface area contributed by atoms with Gasteiger partial charge in [-0.15, -0.1) is 0 Å². The van der Waals surface area contributed by atoms with Crippen LogP contribution in [0.4, 0.5) is 11.4 Å². The summed E-state index contributed by atoms with van der Waals surface area (Å²) in [6, 6.07) is 9.56. The minimum atomic E-state index is -0.412. The Morgan fingerprint density at radius 3 is 2.68 bits per heavy atom. The van der Waals surface area contributed by atoms with Gasteiger partial charge < -0.3 is 5.32 Å². The molecule has 0 radical (unpaired) electrons. The summed E-state index contributed by atoms with van der Waals surface area (Å²) in [5.74, 6) is 0. The lowest BCUT2D eigenvalue weighted by Crippen LogP contribution is -1.96. The van der Waals surface area contributed by atoms with Crippen LogP contribution in [0.5, 0.6) is 0 Å². The molecule has 0 unspecified atom stereocenters. The quantitative estimate of drug-likeness (QED) is 0.676. The third-order valence-corrected chi connectivity index (χ3v) is 2.68. The molecule has 0 aliphatic rings. The van der Waals surface area contributed by atoms with Crippen molar-refractivity contribution in [1.29, 1.82) is 0 Å². The van der Waals surface area contributed by atoms with E-state index >= 15 is 0 Å². The number of anilines is 1. The van der Waals surface area contributed by atoms with E-state index in [4.69, 9.17) is 0 Å². The van der Waals surface area contributed by atoms with Crippen molar-refractivity contribution in [3.8, 4) is 0 Å². The van der Waals surface area contributed by atoms with Gasteiger partial charge in [-0.1, -0.05) is 18.2 Å². The van der Waals surface area contributed by atoms with Crippen LogP contribution in [0.25, 0.3) is 6.08 Å². The average molecular weight is 258 g/mol. The average Bonchev–Trinajstić information content (AvgIpc) is 2.65. The van der Waals surface area contributed by atoms with Crippen LogP contribution < -0.4 is 5.32 Å². The number of rotatable bonds is 4. The molecule has 98 valence electrons. The van der Waals surface area contributed by atoms with Crippen LogP contribution in [0, 0.1) is 17.0 Å². The van der Waals surface area contributed by atoms with Gasteiger partial charge in [0.25, 0.3) is 0 Å². The smallest absolute Gasteiger partial charge is 0.317 e. The summed E-state index contributed by atoms with van der Waals surface area (Å²) in [5, 5.41) is 18.1. The van der Waals surface area contributed by atoms with Gasteiger partial charge in [-0.05, 0) is 25.1 Å². The van der Waals surface area contributed by atoms with Crippen molar-refractivity contribution in [3.63, 3.8) is 0 Å². The van der Waals surface area contributed by atoms with Gasteiger partial charge in [0.05, 0.1) is 4.92 Å². The molecule has 0 amide bonds. The summed E-state index contributed by atoms with van der Waals surface area (Å²) >= 11 is 0. The highest BCUT2D eigenvalue weighted by atomic mass is 16.6. The summed E-state index contributed by atoms with van der Waals surface area (Å²) in [7, 11) is 1.68. The highest BCUT2D eigenvalue weighted by Gasteiger charge is 2.21. The molecule has 19 heavy (non-hydrogen) atoms. The maximum absolute atomic E-state index is 11.0. The molecule has 0 aliphatic carbocycles. The second-order valence-electron chi connectivity index (χ2n) is 4.04. The molecule has 0 atom stereocenters. The van der Waals surface area contributed by atoms with E-state index in [0.29, 0.717) is 11.4 Å². The predicted octanol–water partition coefficient (Wildman–Crippen LogP) is 2.72. The van der Waals surface area contributed by atoms with E-state index in [-0.39, 0.29) is 5.69 Å². The van der Waals surface area contributed by atoms with Gasteiger partial charge in [0.2, 0.25) is 0 Å². The zero-order valence-electron chi connectivity index (χ0n) is 10.7. The highest BCUT2D eigenvalue weighted by molar-refractivity contribution is 5.61. The largest absolute Gasteiger partial charge is 0.362 e. The van der Waals surface area contributed by atoms with Crippen molar-refractivity contribution in [2.75, 3.05) is 5.32 Å². The molecule has 0 fully saturated rings. The summed E-state index contributed by atoms with van der Waals surface area (Å²) < 4.78 is 1.50. The molecule has 0 saturated carbocycles. The molecule has 2 rings (SSSR count). The van der Waals surface area contributed by atoms with E-state index in [1.54, 1.807) is 26.2 Å². The molecule has 1 heterocycles. The van der Waals surface area contributed by atoms with Gasteiger partial charge in [-0.2, -0.15) is 5.10 Å². The molecule has 0 spiro atoms. The Morgan fingerprint density at radius 2 is 2.05 bits per heavy atom. The van der Waals surface area contributed by atoms with Gasteiger partial charge in [0, 0.05) is 18.9 Å². The van der Waals surface area contributed by atoms with Crippen LogP contribution in [0.2, 0.25) is 0 Å². The summed E-state index contributed by atoms with van der Waals surface area (Å²) in [5.41, 5.74) is 1.83. The lowest BCUT2D eigenvalue weighted by molar-refractivity contribution is -0.385. The van der Waals surface area contributed by atoms with Crippen LogP contribution in [0.3, 0.4) is 0 Å². The van der Waals surface area contributed by atoms with Crippen molar-refractivity contribution in [2.45, 2.75) is 6.92 Å². The minimum Gasteiger partial charge on any atom is -0.362 e. The monoisotopic (exact) mass is 258 g/mol. The maximum Gasteiger partial charge on any atom is 0.317 e. The number of aromatic nitrogens is 2. The number of nitrogens with one attached hydrogen (secondary N) is 1. The van der Waals surface area contributed by atoms with Crippen LogP contribution >= 0.6 is 0 Å². The molecular formula is C13H14N4O2. The molecule has 2 aromatic rings. The number of benzene rings is 1. The standard InChI is InChI=1S/C13H14N4O2/c1-10-13(17(18)19)12(16(2)15-10)8-9-14-11-6-4-3-5-7-11/h3-9,14H,1-2H3. The molecule has 6 heteroatoms. The van der Waals surface area contributed by atoms with Crippen molar-refractivity contribution in [3.05, 3.63) is 58.0 Å². The molecule has 1 aromatic carbocycles. The number of para-hydroxylation sites is 1. The second-order valence-corrected chi connectivity index (χ2v) is 4.04.